The number of rotatable bonds is 4. The molecule has 0 aliphatic heterocycles. The molecule has 0 radical (unpaired) electrons. The van der Waals surface area contributed by atoms with Crippen molar-refractivity contribution >= 4 is 21.7 Å². The Bertz CT molecular complexity index is 692. The lowest BCUT2D eigenvalue weighted by atomic mass is 10.1. The van der Waals surface area contributed by atoms with E-state index in [2.05, 4.69) is 20.0 Å². The van der Waals surface area contributed by atoms with Gasteiger partial charge in [-0.25, -0.2) is 23.1 Å². The van der Waals surface area contributed by atoms with Gasteiger partial charge in [-0.2, -0.15) is 0 Å². The molecule has 6 nitrogen and oxygen atoms in total. The summed E-state index contributed by atoms with van der Waals surface area (Å²) < 4.78 is 26.9. The summed E-state index contributed by atoms with van der Waals surface area (Å²) in [7, 11) is -3.52. The van der Waals surface area contributed by atoms with Crippen LogP contribution in [-0.2, 0) is 10.0 Å². The number of hydrogen-bond donors (Lipinski definition) is 2. The van der Waals surface area contributed by atoms with E-state index < -0.39 is 15.6 Å². The zero-order chi connectivity index (χ0) is 15.5. The van der Waals surface area contributed by atoms with E-state index in [1.165, 1.54) is 0 Å². The summed E-state index contributed by atoms with van der Waals surface area (Å²) in [6.45, 7) is 5.40. The number of nitrogens with one attached hydrogen (secondary N) is 2. The second kappa shape index (κ2) is 5.79. The standard InChI is InChI=1S/C14H18N4O2S/c1-14(2,3)18-21(19,20)12-7-5-11(6-8-12)17-13-15-9-4-10-16-13/h4-10,18H,1-3H3,(H,15,16,17). The highest BCUT2D eigenvalue weighted by atomic mass is 32.2. The molecule has 0 unspecified atom stereocenters. The molecule has 0 amide bonds. The zero-order valence-corrected chi connectivity index (χ0v) is 13.0. The second-order valence-electron chi connectivity index (χ2n) is 5.58. The molecule has 112 valence electrons. The van der Waals surface area contributed by atoms with Crippen LogP contribution in [0.5, 0.6) is 0 Å². The molecule has 1 heterocycles. The summed E-state index contributed by atoms with van der Waals surface area (Å²) in [5.74, 6) is 0.459. The van der Waals surface area contributed by atoms with Gasteiger partial charge >= 0.3 is 0 Å². The Morgan fingerprint density at radius 3 is 2.10 bits per heavy atom. The molecular weight excluding hydrogens is 288 g/mol. The van der Waals surface area contributed by atoms with Gasteiger partial charge in [0, 0.05) is 23.6 Å². The first-order valence-electron chi connectivity index (χ1n) is 6.44. The van der Waals surface area contributed by atoms with E-state index in [0.29, 0.717) is 5.95 Å². The van der Waals surface area contributed by atoms with Crippen LogP contribution in [0.3, 0.4) is 0 Å². The van der Waals surface area contributed by atoms with Crippen molar-refractivity contribution in [3.05, 3.63) is 42.7 Å². The molecule has 0 saturated heterocycles. The van der Waals surface area contributed by atoms with Gasteiger partial charge in [0.25, 0.3) is 0 Å². The molecule has 1 aromatic heterocycles. The minimum Gasteiger partial charge on any atom is -0.324 e. The number of aromatic nitrogens is 2. The van der Waals surface area contributed by atoms with Gasteiger partial charge in [0.15, 0.2) is 0 Å². The maximum absolute atomic E-state index is 12.2. The minimum absolute atomic E-state index is 0.219. The molecule has 2 aromatic rings. The van der Waals surface area contributed by atoms with Gasteiger partial charge in [-0.05, 0) is 51.1 Å². The van der Waals surface area contributed by atoms with Gasteiger partial charge in [0.1, 0.15) is 0 Å². The first kappa shape index (κ1) is 15.4. The zero-order valence-electron chi connectivity index (χ0n) is 12.2. The predicted octanol–water partition coefficient (Wildman–Crippen LogP) is 2.30. The lowest BCUT2D eigenvalue weighted by Crippen LogP contribution is -2.40. The second-order valence-corrected chi connectivity index (χ2v) is 7.26. The van der Waals surface area contributed by atoms with E-state index in [4.69, 9.17) is 0 Å². The Labute approximate surface area is 124 Å². The van der Waals surface area contributed by atoms with E-state index >= 15 is 0 Å². The first-order chi connectivity index (χ1) is 9.76. The summed E-state index contributed by atoms with van der Waals surface area (Å²) in [5, 5.41) is 2.99. The SMILES string of the molecule is CC(C)(C)NS(=O)(=O)c1ccc(Nc2ncccn2)cc1. The van der Waals surface area contributed by atoms with Crippen LogP contribution in [0.2, 0.25) is 0 Å². The summed E-state index contributed by atoms with van der Waals surface area (Å²) in [6.07, 6.45) is 3.25. The van der Waals surface area contributed by atoms with Gasteiger partial charge in [0.05, 0.1) is 4.90 Å². The number of sulfonamides is 1. The molecule has 2 rings (SSSR count). The largest absolute Gasteiger partial charge is 0.324 e. The quantitative estimate of drug-likeness (QED) is 0.905. The molecule has 0 saturated carbocycles. The van der Waals surface area contributed by atoms with E-state index in [-0.39, 0.29) is 4.90 Å². The molecule has 0 bridgehead atoms. The Morgan fingerprint density at radius 2 is 1.57 bits per heavy atom. The predicted molar refractivity (Wildman–Crippen MR) is 81.8 cm³/mol. The molecule has 0 fully saturated rings. The Kier molecular flexibility index (Phi) is 4.24. The van der Waals surface area contributed by atoms with E-state index in [9.17, 15) is 8.42 Å². The van der Waals surface area contributed by atoms with E-state index in [1.807, 2.05) is 0 Å². The Hall–Kier alpha value is -1.99. The van der Waals surface area contributed by atoms with Gasteiger partial charge in [-0.3, -0.25) is 0 Å². The fourth-order valence-electron chi connectivity index (χ4n) is 1.67. The molecule has 0 aliphatic carbocycles. The highest BCUT2D eigenvalue weighted by molar-refractivity contribution is 7.89. The number of hydrogen-bond acceptors (Lipinski definition) is 5. The van der Waals surface area contributed by atoms with Crippen LogP contribution in [0.25, 0.3) is 0 Å². The van der Waals surface area contributed by atoms with Crippen molar-refractivity contribution in [1.82, 2.24) is 14.7 Å². The normalized spacial score (nSPS) is 12.1. The maximum atomic E-state index is 12.2. The topological polar surface area (TPSA) is 84.0 Å². The minimum atomic E-state index is -3.52. The van der Waals surface area contributed by atoms with Crippen LogP contribution in [-0.4, -0.2) is 23.9 Å². The fraction of sp³-hybridized carbons (Fsp3) is 0.286. The van der Waals surface area contributed by atoms with Gasteiger partial charge in [0.2, 0.25) is 16.0 Å². The van der Waals surface area contributed by atoms with E-state index in [1.54, 1.807) is 63.5 Å². The monoisotopic (exact) mass is 306 g/mol. The number of nitrogens with zero attached hydrogens (tertiary/aromatic N) is 2. The van der Waals surface area contributed by atoms with Crippen LogP contribution in [0, 0.1) is 0 Å². The summed E-state index contributed by atoms with van der Waals surface area (Å²) in [5.41, 5.74) is 0.198. The highest BCUT2D eigenvalue weighted by Crippen LogP contribution is 2.17. The van der Waals surface area contributed by atoms with Gasteiger partial charge in [-0.15, -0.1) is 0 Å². The lowest BCUT2D eigenvalue weighted by Gasteiger charge is -2.20. The van der Waals surface area contributed by atoms with Crippen molar-refractivity contribution in [2.75, 3.05) is 5.32 Å². The van der Waals surface area contributed by atoms with Crippen LogP contribution in [0.4, 0.5) is 11.6 Å². The third-order valence-electron chi connectivity index (χ3n) is 2.43. The van der Waals surface area contributed by atoms with Gasteiger partial charge < -0.3 is 5.32 Å². The first-order valence-corrected chi connectivity index (χ1v) is 7.93. The molecular formula is C14H18N4O2S. The molecule has 0 atom stereocenters. The van der Waals surface area contributed by atoms with Crippen LogP contribution in [0.1, 0.15) is 20.8 Å². The Morgan fingerprint density at radius 1 is 1.00 bits per heavy atom. The van der Waals surface area contributed by atoms with Crippen molar-refractivity contribution in [1.29, 1.82) is 0 Å². The van der Waals surface area contributed by atoms with Crippen molar-refractivity contribution in [2.45, 2.75) is 31.2 Å². The van der Waals surface area contributed by atoms with Gasteiger partial charge in [-0.1, -0.05) is 0 Å². The van der Waals surface area contributed by atoms with Crippen LogP contribution >= 0.6 is 0 Å². The van der Waals surface area contributed by atoms with Crippen molar-refractivity contribution in [2.24, 2.45) is 0 Å². The maximum Gasteiger partial charge on any atom is 0.241 e. The lowest BCUT2D eigenvalue weighted by molar-refractivity contribution is 0.491. The summed E-state index contributed by atoms with van der Waals surface area (Å²) in [4.78, 5) is 8.30. The fourth-order valence-corrected chi connectivity index (χ4v) is 3.09. The van der Waals surface area contributed by atoms with Crippen molar-refractivity contribution in [3.8, 4) is 0 Å². The highest BCUT2D eigenvalue weighted by Gasteiger charge is 2.21. The molecule has 0 spiro atoms. The average Bonchev–Trinajstić information content (AvgIpc) is 2.38. The molecule has 21 heavy (non-hydrogen) atoms. The number of benzene rings is 1. The van der Waals surface area contributed by atoms with E-state index in [0.717, 1.165) is 5.69 Å². The van der Waals surface area contributed by atoms with Crippen molar-refractivity contribution in [3.63, 3.8) is 0 Å². The summed E-state index contributed by atoms with van der Waals surface area (Å²) in [6, 6.07) is 8.15. The van der Waals surface area contributed by atoms with Crippen LogP contribution < -0.4 is 10.0 Å². The molecule has 1 aromatic carbocycles. The van der Waals surface area contributed by atoms with Crippen LogP contribution in [0.15, 0.2) is 47.6 Å². The molecule has 7 heteroatoms. The third kappa shape index (κ3) is 4.51. The smallest absolute Gasteiger partial charge is 0.241 e. The average molecular weight is 306 g/mol. The summed E-state index contributed by atoms with van der Waals surface area (Å²) >= 11 is 0. The van der Waals surface area contributed by atoms with Crippen molar-refractivity contribution < 1.29 is 8.42 Å². The molecule has 0 aliphatic rings. The molecule has 2 N–H and O–H groups in total. The number of anilines is 2. The Balaban J connectivity index is 2.16. The third-order valence-corrected chi connectivity index (χ3v) is 4.20.